The molecular weight excluding hydrogens is 326 g/mol. The van der Waals surface area contributed by atoms with Gasteiger partial charge >= 0.3 is 0 Å². The summed E-state index contributed by atoms with van der Waals surface area (Å²) in [6, 6.07) is 14.7. The van der Waals surface area contributed by atoms with Crippen LogP contribution in [0.3, 0.4) is 0 Å². The van der Waals surface area contributed by atoms with Crippen LogP contribution >= 0.6 is 0 Å². The Labute approximate surface area is 153 Å². The number of hydrogen-bond donors (Lipinski definition) is 2. The first-order chi connectivity index (χ1) is 12.6. The van der Waals surface area contributed by atoms with Gasteiger partial charge in [-0.2, -0.15) is 5.26 Å². The molecule has 1 saturated carbocycles. The first-order valence-corrected chi connectivity index (χ1v) is 8.75. The zero-order valence-corrected chi connectivity index (χ0v) is 14.7. The van der Waals surface area contributed by atoms with Crippen molar-refractivity contribution in [2.24, 2.45) is 5.92 Å². The van der Waals surface area contributed by atoms with Crippen LogP contribution in [0.1, 0.15) is 47.7 Å². The summed E-state index contributed by atoms with van der Waals surface area (Å²) < 4.78 is 0. The van der Waals surface area contributed by atoms with E-state index < -0.39 is 0 Å². The molecule has 1 fully saturated rings. The van der Waals surface area contributed by atoms with E-state index in [9.17, 15) is 9.59 Å². The topological polar surface area (TPSA) is 82.0 Å². The molecule has 0 heterocycles. The molecule has 2 aromatic carbocycles. The van der Waals surface area contributed by atoms with Crippen LogP contribution in [-0.2, 0) is 11.3 Å². The molecule has 0 aliphatic heterocycles. The summed E-state index contributed by atoms with van der Waals surface area (Å²) in [6.07, 6.45) is 3.06. The van der Waals surface area contributed by atoms with E-state index in [2.05, 4.69) is 16.7 Å². The summed E-state index contributed by atoms with van der Waals surface area (Å²) in [5, 5.41) is 15.3. The van der Waals surface area contributed by atoms with Crippen LogP contribution in [0.15, 0.2) is 42.5 Å². The number of nitriles is 1. The van der Waals surface area contributed by atoms with E-state index in [1.165, 1.54) is 6.92 Å². The van der Waals surface area contributed by atoms with Gasteiger partial charge in [0.1, 0.15) is 0 Å². The molecule has 2 N–H and O–H groups in total. The molecule has 1 aliphatic carbocycles. The molecule has 0 aromatic heterocycles. The molecule has 132 valence electrons. The number of nitrogens with zero attached hydrogens (tertiary/aromatic N) is 1. The monoisotopic (exact) mass is 347 g/mol. The number of benzene rings is 2. The van der Waals surface area contributed by atoms with Crippen LogP contribution in [0.5, 0.6) is 0 Å². The van der Waals surface area contributed by atoms with Crippen molar-refractivity contribution in [1.82, 2.24) is 0 Å². The third kappa shape index (κ3) is 4.09. The third-order valence-electron chi connectivity index (χ3n) is 4.68. The fourth-order valence-electron chi connectivity index (χ4n) is 2.94. The lowest BCUT2D eigenvalue weighted by Crippen LogP contribution is -2.28. The third-order valence-corrected chi connectivity index (χ3v) is 4.68. The first kappa shape index (κ1) is 17.7. The van der Waals surface area contributed by atoms with Crippen molar-refractivity contribution in [2.75, 3.05) is 10.6 Å². The van der Waals surface area contributed by atoms with E-state index in [4.69, 9.17) is 5.26 Å². The zero-order valence-electron chi connectivity index (χ0n) is 14.7. The quantitative estimate of drug-likeness (QED) is 0.770. The number of hydrogen-bond acceptors (Lipinski definition) is 4. The highest BCUT2D eigenvalue weighted by Gasteiger charge is 2.25. The Balaban J connectivity index is 1.70. The number of amides is 1. The van der Waals surface area contributed by atoms with Crippen molar-refractivity contribution in [3.05, 3.63) is 59.2 Å². The van der Waals surface area contributed by atoms with Gasteiger partial charge in [-0.1, -0.05) is 18.6 Å². The molecule has 26 heavy (non-hydrogen) atoms. The number of carbonyl (C=O) groups is 2. The number of anilines is 2. The fourth-order valence-corrected chi connectivity index (χ4v) is 2.94. The van der Waals surface area contributed by atoms with Gasteiger partial charge in [0.15, 0.2) is 5.78 Å². The Hall–Kier alpha value is -3.13. The van der Waals surface area contributed by atoms with Gasteiger partial charge in [0.2, 0.25) is 5.91 Å². The Bertz CT molecular complexity index is 879. The van der Waals surface area contributed by atoms with Crippen molar-refractivity contribution in [3.63, 3.8) is 0 Å². The Kier molecular flexibility index (Phi) is 5.33. The van der Waals surface area contributed by atoms with Crippen LogP contribution in [0, 0.1) is 17.2 Å². The molecule has 0 radical (unpaired) electrons. The average Bonchev–Trinajstić information content (AvgIpc) is 2.58. The number of carbonyl (C=O) groups excluding carboxylic acids is 2. The van der Waals surface area contributed by atoms with Crippen molar-refractivity contribution in [2.45, 2.75) is 32.7 Å². The van der Waals surface area contributed by atoms with Gasteiger partial charge < -0.3 is 10.6 Å². The standard InChI is InChI=1S/C21H21N3O2/c1-14(25)19-9-8-15(12-22)11-20(19)23-13-16-4-2-7-18(10-16)24-21(26)17-5-3-6-17/h2,4,7-11,17,23H,3,5-6,13H2,1H3,(H,24,26). The highest BCUT2D eigenvalue weighted by molar-refractivity contribution is 5.99. The minimum atomic E-state index is -0.0569. The van der Waals surface area contributed by atoms with Crippen LogP contribution < -0.4 is 10.6 Å². The predicted octanol–water partition coefficient (Wildman–Crippen LogP) is 4.11. The normalized spacial score (nSPS) is 13.4. The van der Waals surface area contributed by atoms with Gasteiger partial charge in [0.05, 0.1) is 11.6 Å². The molecule has 1 amide bonds. The second-order valence-corrected chi connectivity index (χ2v) is 6.60. The minimum absolute atomic E-state index is 0.0569. The maximum Gasteiger partial charge on any atom is 0.227 e. The molecule has 3 rings (SSSR count). The predicted molar refractivity (Wildman–Crippen MR) is 101 cm³/mol. The number of rotatable bonds is 6. The molecule has 0 saturated heterocycles. The highest BCUT2D eigenvalue weighted by Crippen LogP contribution is 2.27. The van der Waals surface area contributed by atoms with E-state index in [0.29, 0.717) is 23.4 Å². The summed E-state index contributed by atoms with van der Waals surface area (Å²) >= 11 is 0. The SMILES string of the molecule is CC(=O)c1ccc(C#N)cc1NCc1cccc(NC(=O)C2CCC2)c1. The van der Waals surface area contributed by atoms with E-state index in [1.807, 2.05) is 24.3 Å². The van der Waals surface area contributed by atoms with Crippen LogP contribution in [-0.4, -0.2) is 11.7 Å². The first-order valence-electron chi connectivity index (χ1n) is 8.75. The Morgan fingerprint density at radius 3 is 2.65 bits per heavy atom. The van der Waals surface area contributed by atoms with E-state index in [1.54, 1.807) is 18.2 Å². The molecule has 0 atom stereocenters. The fraction of sp³-hybridized carbons (Fsp3) is 0.286. The minimum Gasteiger partial charge on any atom is -0.380 e. The molecule has 0 bridgehead atoms. The molecule has 0 spiro atoms. The van der Waals surface area contributed by atoms with Gasteiger partial charge in [-0.05, 0) is 55.7 Å². The molecular formula is C21H21N3O2. The summed E-state index contributed by atoms with van der Waals surface area (Å²) in [6.45, 7) is 1.99. The zero-order chi connectivity index (χ0) is 18.5. The number of ketones is 1. The summed E-state index contributed by atoms with van der Waals surface area (Å²) in [7, 11) is 0. The van der Waals surface area contributed by atoms with Crippen molar-refractivity contribution >= 4 is 23.1 Å². The van der Waals surface area contributed by atoms with E-state index >= 15 is 0 Å². The lowest BCUT2D eigenvalue weighted by Gasteiger charge is -2.24. The van der Waals surface area contributed by atoms with Crippen molar-refractivity contribution in [1.29, 1.82) is 5.26 Å². The number of Topliss-reactive ketones (excluding diaryl/α,β-unsaturated/α-hetero) is 1. The van der Waals surface area contributed by atoms with Gasteiger partial charge in [-0.15, -0.1) is 0 Å². The van der Waals surface area contributed by atoms with Gasteiger partial charge in [-0.25, -0.2) is 0 Å². The highest BCUT2D eigenvalue weighted by atomic mass is 16.2. The number of nitrogens with one attached hydrogen (secondary N) is 2. The van der Waals surface area contributed by atoms with Gasteiger partial charge in [0, 0.05) is 29.4 Å². The molecule has 5 nitrogen and oxygen atoms in total. The van der Waals surface area contributed by atoms with Crippen molar-refractivity contribution in [3.8, 4) is 6.07 Å². The summed E-state index contributed by atoms with van der Waals surface area (Å²) in [5.74, 6) is 0.170. The Morgan fingerprint density at radius 1 is 1.19 bits per heavy atom. The van der Waals surface area contributed by atoms with E-state index in [-0.39, 0.29) is 17.6 Å². The maximum atomic E-state index is 12.1. The second-order valence-electron chi connectivity index (χ2n) is 6.60. The van der Waals surface area contributed by atoms with Crippen LogP contribution in [0.25, 0.3) is 0 Å². The van der Waals surface area contributed by atoms with Gasteiger partial charge in [-0.3, -0.25) is 9.59 Å². The van der Waals surface area contributed by atoms with E-state index in [0.717, 1.165) is 30.5 Å². The largest absolute Gasteiger partial charge is 0.380 e. The van der Waals surface area contributed by atoms with Crippen LogP contribution in [0.2, 0.25) is 0 Å². The molecule has 5 heteroatoms. The van der Waals surface area contributed by atoms with Gasteiger partial charge in [0.25, 0.3) is 0 Å². The molecule has 1 aliphatic rings. The Morgan fingerprint density at radius 2 is 2.00 bits per heavy atom. The lowest BCUT2D eigenvalue weighted by atomic mass is 9.85. The molecule has 0 unspecified atom stereocenters. The second kappa shape index (κ2) is 7.83. The van der Waals surface area contributed by atoms with Crippen LogP contribution in [0.4, 0.5) is 11.4 Å². The maximum absolute atomic E-state index is 12.1. The summed E-state index contributed by atoms with van der Waals surface area (Å²) in [5.41, 5.74) is 3.45. The molecule has 2 aromatic rings. The average molecular weight is 347 g/mol. The lowest BCUT2D eigenvalue weighted by molar-refractivity contribution is -0.122. The summed E-state index contributed by atoms with van der Waals surface area (Å²) in [4.78, 5) is 23.9. The van der Waals surface area contributed by atoms with Crippen molar-refractivity contribution < 1.29 is 9.59 Å². The smallest absolute Gasteiger partial charge is 0.227 e.